The lowest BCUT2D eigenvalue weighted by molar-refractivity contribution is 0.0531. The van der Waals surface area contributed by atoms with E-state index in [0.29, 0.717) is 0 Å². The molecule has 0 aliphatic heterocycles. The molecule has 0 spiro atoms. The second-order valence-electron chi connectivity index (χ2n) is 3.13. The number of rotatable bonds is 2. The molecule has 0 aliphatic rings. The van der Waals surface area contributed by atoms with Gasteiger partial charge in [-0.1, -0.05) is 19.1 Å². The van der Waals surface area contributed by atoms with Crippen LogP contribution < -0.4 is 0 Å². The van der Waals surface area contributed by atoms with Gasteiger partial charge >= 0.3 is 0 Å². The molecule has 66 valence electrons. The highest BCUT2D eigenvalue weighted by atomic mass is 127. The Morgan fingerprint density at radius 2 is 1.83 bits per heavy atom. The lowest BCUT2D eigenvalue weighted by Crippen LogP contribution is -2.19. The van der Waals surface area contributed by atoms with Crippen LogP contribution in [0.25, 0.3) is 0 Å². The van der Waals surface area contributed by atoms with Crippen molar-refractivity contribution in [3.05, 3.63) is 33.4 Å². The molecule has 1 unspecified atom stereocenters. The van der Waals surface area contributed by atoms with E-state index >= 15 is 0 Å². The fraction of sp³-hybridized carbons (Fsp3) is 0.400. The van der Waals surface area contributed by atoms with Crippen LogP contribution in [0.15, 0.2) is 24.3 Å². The van der Waals surface area contributed by atoms with Crippen LogP contribution in [0, 0.1) is 3.57 Å². The molecule has 12 heavy (non-hydrogen) atoms. The van der Waals surface area contributed by atoms with Crippen molar-refractivity contribution >= 4 is 22.6 Å². The summed E-state index contributed by atoms with van der Waals surface area (Å²) >= 11 is 2.26. The Bertz CT molecular complexity index is 251. The highest BCUT2D eigenvalue weighted by Crippen LogP contribution is 2.24. The van der Waals surface area contributed by atoms with E-state index in [1.165, 1.54) is 3.57 Å². The van der Waals surface area contributed by atoms with Gasteiger partial charge in [0.05, 0.1) is 5.60 Å². The van der Waals surface area contributed by atoms with E-state index in [1.807, 2.05) is 38.1 Å². The summed E-state index contributed by atoms with van der Waals surface area (Å²) in [6.07, 6.45) is 0.744. The average molecular weight is 276 g/mol. The third kappa shape index (κ3) is 2.20. The van der Waals surface area contributed by atoms with E-state index in [-0.39, 0.29) is 0 Å². The Labute approximate surface area is 86.9 Å². The second kappa shape index (κ2) is 3.75. The maximum absolute atomic E-state index is 9.88. The molecular weight excluding hydrogens is 263 g/mol. The Morgan fingerprint density at radius 1 is 1.33 bits per heavy atom. The van der Waals surface area contributed by atoms with Crippen LogP contribution in [0.2, 0.25) is 0 Å². The van der Waals surface area contributed by atoms with Crippen molar-refractivity contribution in [2.45, 2.75) is 25.9 Å². The van der Waals surface area contributed by atoms with Crippen molar-refractivity contribution in [2.24, 2.45) is 0 Å². The fourth-order valence-corrected chi connectivity index (χ4v) is 1.37. The van der Waals surface area contributed by atoms with Crippen LogP contribution in [0.1, 0.15) is 25.8 Å². The summed E-state index contributed by atoms with van der Waals surface area (Å²) in [5.74, 6) is 0. The first-order valence-corrected chi connectivity index (χ1v) is 5.12. The minimum absolute atomic E-state index is 0.676. The molecule has 1 nitrogen and oxygen atoms in total. The van der Waals surface area contributed by atoms with Gasteiger partial charge in [0.2, 0.25) is 0 Å². The molecule has 0 aromatic heterocycles. The van der Waals surface area contributed by atoms with Crippen molar-refractivity contribution in [1.29, 1.82) is 0 Å². The molecular formula is C10H13IO. The first kappa shape index (κ1) is 9.99. The summed E-state index contributed by atoms with van der Waals surface area (Å²) < 4.78 is 1.20. The summed E-state index contributed by atoms with van der Waals surface area (Å²) in [7, 11) is 0. The molecule has 1 rings (SSSR count). The van der Waals surface area contributed by atoms with Gasteiger partial charge in [0, 0.05) is 3.57 Å². The average Bonchev–Trinajstić information content (AvgIpc) is 2.05. The summed E-state index contributed by atoms with van der Waals surface area (Å²) in [5, 5.41) is 9.88. The molecule has 0 radical (unpaired) electrons. The Morgan fingerprint density at radius 3 is 2.25 bits per heavy atom. The van der Waals surface area contributed by atoms with Crippen molar-refractivity contribution in [1.82, 2.24) is 0 Å². The largest absolute Gasteiger partial charge is 0.385 e. The van der Waals surface area contributed by atoms with E-state index in [0.717, 1.165) is 12.0 Å². The maximum Gasteiger partial charge on any atom is 0.0865 e. The van der Waals surface area contributed by atoms with Crippen molar-refractivity contribution in [3.63, 3.8) is 0 Å². The lowest BCUT2D eigenvalue weighted by atomic mass is 9.94. The quantitative estimate of drug-likeness (QED) is 0.823. The minimum Gasteiger partial charge on any atom is -0.385 e. The van der Waals surface area contributed by atoms with E-state index < -0.39 is 5.60 Å². The van der Waals surface area contributed by atoms with E-state index in [1.54, 1.807) is 0 Å². The first-order chi connectivity index (χ1) is 5.56. The SMILES string of the molecule is CCC(C)(O)c1ccc(I)cc1. The van der Waals surface area contributed by atoms with E-state index in [4.69, 9.17) is 0 Å². The standard InChI is InChI=1S/C10H13IO/c1-3-10(2,12)8-4-6-9(11)7-5-8/h4-7,12H,3H2,1-2H3. The normalized spacial score (nSPS) is 15.7. The molecule has 1 N–H and O–H groups in total. The summed E-state index contributed by atoms with van der Waals surface area (Å²) in [5.41, 5.74) is 0.315. The zero-order chi connectivity index (χ0) is 9.19. The summed E-state index contributed by atoms with van der Waals surface area (Å²) in [4.78, 5) is 0. The monoisotopic (exact) mass is 276 g/mol. The van der Waals surface area contributed by atoms with Crippen LogP contribution in [-0.4, -0.2) is 5.11 Å². The van der Waals surface area contributed by atoms with Gasteiger partial charge in [0.25, 0.3) is 0 Å². The topological polar surface area (TPSA) is 20.2 Å². The zero-order valence-electron chi connectivity index (χ0n) is 7.34. The molecule has 0 fully saturated rings. The number of hydrogen-bond acceptors (Lipinski definition) is 1. The fourth-order valence-electron chi connectivity index (χ4n) is 1.01. The molecule has 0 aliphatic carbocycles. The van der Waals surface area contributed by atoms with Gasteiger partial charge in [-0.3, -0.25) is 0 Å². The van der Waals surface area contributed by atoms with Gasteiger partial charge in [0.1, 0.15) is 0 Å². The summed E-state index contributed by atoms with van der Waals surface area (Å²) in [6.45, 7) is 3.83. The zero-order valence-corrected chi connectivity index (χ0v) is 9.50. The Kier molecular flexibility index (Phi) is 3.12. The van der Waals surface area contributed by atoms with Crippen LogP contribution in [0.5, 0.6) is 0 Å². The van der Waals surface area contributed by atoms with E-state index in [9.17, 15) is 5.11 Å². The first-order valence-electron chi connectivity index (χ1n) is 4.04. The second-order valence-corrected chi connectivity index (χ2v) is 4.38. The number of hydrogen-bond donors (Lipinski definition) is 1. The summed E-state index contributed by atoms with van der Waals surface area (Å²) in [6, 6.07) is 7.98. The van der Waals surface area contributed by atoms with Crippen LogP contribution in [0.3, 0.4) is 0 Å². The molecule has 2 heteroatoms. The highest BCUT2D eigenvalue weighted by Gasteiger charge is 2.19. The smallest absolute Gasteiger partial charge is 0.0865 e. The molecule has 0 heterocycles. The van der Waals surface area contributed by atoms with E-state index in [2.05, 4.69) is 22.6 Å². The van der Waals surface area contributed by atoms with Crippen LogP contribution in [-0.2, 0) is 5.60 Å². The van der Waals surface area contributed by atoms with Crippen molar-refractivity contribution in [3.8, 4) is 0 Å². The van der Waals surface area contributed by atoms with Crippen molar-refractivity contribution < 1.29 is 5.11 Å². The van der Waals surface area contributed by atoms with Gasteiger partial charge < -0.3 is 5.11 Å². The van der Waals surface area contributed by atoms with Crippen molar-refractivity contribution in [2.75, 3.05) is 0 Å². The number of benzene rings is 1. The predicted octanol–water partition coefficient (Wildman–Crippen LogP) is 2.91. The van der Waals surface area contributed by atoms with Gasteiger partial charge in [0.15, 0.2) is 0 Å². The molecule has 0 saturated heterocycles. The molecule has 0 saturated carbocycles. The van der Waals surface area contributed by atoms with Gasteiger partial charge in [-0.05, 0) is 53.6 Å². The molecule has 1 aromatic rings. The molecule has 0 amide bonds. The van der Waals surface area contributed by atoms with Gasteiger partial charge in [-0.25, -0.2) is 0 Å². The van der Waals surface area contributed by atoms with Crippen LogP contribution in [0.4, 0.5) is 0 Å². The highest BCUT2D eigenvalue weighted by molar-refractivity contribution is 14.1. The third-order valence-electron chi connectivity index (χ3n) is 2.15. The third-order valence-corrected chi connectivity index (χ3v) is 2.87. The Balaban J connectivity index is 2.96. The minimum atomic E-state index is -0.676. The van der Waals surface area contributed by atoms with Gasteiger partial charge in [-0.15, -0.1) is 0 Å². The maximum atomic E-state index is 9.88. The number of halogens is 1. The molecule has 1 aromatic carbocycles. The number of aliphatic hydroxyl groups is 1. The Hall–Kier alpha value is -0.0900. The lowest BCUT2D eigenvalue weighted by Gasteiger charge is -2.21. The van der Waals surface area contributed by atoms with Gasteiger partial charge in [-0.2, -0.15) is 0 Å². The molecule has 1 atom stereocenters. The predicted molar refractivity (Wildman–Crippen MR) is 59.0 cm³/mol. The van der Waals surface area contributed by atoms with Crippen LogP contribution >= 0.6 is 22.6 Å². The molecule has 0 bridgehead atoms.